The highest BCUT2D eigenvalue weighted by molar-refractivity contribution is 6.07. The van der Waals surface area contributed by atoms with Crippen molar-refractivity contribution in [1.29, 1.82) is 0 Å². The van der Waals surface area contributed by atoms with E-state index in [-0.39, 0.29) is 23.8 Å². The fraction of sp³-hybridized carbons (Fsp3) is 0.120. The van der Waals surface area contributed by atoms with Gasteiger partial charge in [0.05, 0.1) is 12.7 Å². The lowest BCUT2D eigenvalue weighted by Gasteiger charge is -2.17. The van der Waals surface area contributed by atoms with Crippen LogP contribution in [-0.2, 0) is 6.54 Å². The van der Waals surface area contributed by atoms with Crippen molar-refractivity contribution in [3.63, 3.8) is 0 Å². The zero-order valence-corrected chi connectivity index (χ0v) is 17.2. The fourth-order valence-electron chi connectivity index (χ4n) is 3.71. The van der Waals surface area contributed by atoms with Crippen molar-refractivity contribution in [2.75, 3.05) is 7.11 Å². The number of halogens is 1. The summed E-state index contributed by atoms with van der Waals surface area (Å²) in [7, 11) is 1.57. The van der Waals surface area contributed by atoms with Gasteiger partial charge in [-0.1, -0.05) is 30.3 Å². The Bertz CT molecular complexity index is 1330. The molecule has 0 aliphatic carbocycles. The Morgan fingerprint density at radius 2 is 1.71 bits per heavy atom. The molecule has 0 aliphatic heterocycles. The molecule has 1 aromatic heterocycles. The largest absolute Gasteiger partial charge is 0.497 e. The first-order valence-electron chi connectivity index (χ1n) is 9.81. The minimum atomic E-state index is -0.360. The molecule has 1 N–H and O–H groups in total. The summed E-state index contributed by atoms with van der Waals surface area (Å²) in [5.74, 6) is -0.0232. The van der Waals surface area contributed by atoms with E-state index in [0.29, 0.717) is 39.0 Å². The third-order valence-corrected chi connectivity index (χ3v) is 5.23. The molecule has 4 rings (SSSR count). The molecule has 0 radical (unpaired) electrons. The van der Waals surface area contributed by atoms with Gasteiger partial charge in [-0.25, -0.2) is 4.39 Å². The Morgan fingerprint density at radius 3 is 2.39 bits per heavy atom. The van der Waals surface area contributed by atoms with Crippen molar-refractivity contribution < 1.29 is 13.9 Å². The Hall–Kier alpha value is -3.93. The van der Waals surface area contributed by atoms with Crippen LogP contribution in [0.4, 0.5) is 4.39 Å². The van der Waals surface area contributed by atoms with Crippen LogP contribution in [0.2, 0.25) is 0 Å². The maximum absolute atomic E-state index is 13.5. The number of carbonyl (C=O) groups excluding carboxylic acids is 1. The third kappa shape index (κ3) is 3.92. The Morgan fingerprint density at radius 1 is 1.00 bits per heavy atom. The predicted octanol–water partition coefficient (Wildman–Crippen LogP) is 4.38. The van der Waals surface area contributed by atoms with Gasteiger partial charge in [-0.15, -0.1) is 0 Å². The molecule has 0 saturated heterocycles. The molecule has 0 aliphatic rings. The van der Waals surface area contributed by atoms with E-state index in [1.807, 2.05) is 0 Å². The Labute approximate surface area is 178 Å². The molecule has 0 bridgehead atoms. The summed E-state index contributed by atoms with van der Waals surface area (Å²) in [5.41, 5.74) is 2.00. The molecule has 0 fully saturated rings. The number of nitrogens with one attached hydrogen (secondary N) is 1. The zero-order valence-electron chi connectivity index (χ0n) is 17.2. The summed E-state index contributed by atoms with van der Waals surface area (Å²) in [6.45, 7) is 1.92. The summed E-state index contributed by atoms with van der Waals surface area (Å²) < 4.78 is 20.2. The number of carbonyl (C=O) groups is 1. The van der Waals surface area contributed by atoms with Gasteiger partial charge in [0, 0.05) is 28.7 Å². The Kier molecular flexibility index (Phi) is 5.54. The molecule has 1 heterocycles. The summed E-state index contributed by atoms with van der Waals surface area (Å²) in [5, 5.41) is 3.87. The molecule has 31 heavy (non-hydrogen) atoms. The van der Waals surface area contributed by atoms with Crippen LogP contribution < -0.4 is 15.6 Å². The number of amides is 1. The molecule has 6 heteroatoms. The van der Waals surface area contributed by atoms with Gasteiger partial charge in [-0.05, 0) is 55.0 Å². The number of hydrogen-bond donors (Lipinski definition) is 1. The van der Waals surface area contributed by atoms with E-state index in [2.05, 4.69) is 5.32 Å². The van der Waals surface area contributed by atoms with Gasteiger partial charge >= 0.3 is 0 Å². The molecule has 0 spiro atoms. The number of pyridine rings is 1. The van der Waals surface area contributed by atoms with Crippen molar-refractivity contribution in [3.8, 4) is 11.4 Å². The minimum absolute atomic E-state index is 0.173. The molecule has 156 valence electrons. The first-order valence-corrected chi connectivity index (χ1v) is 9.81. The lowest BCUT2D eigenvalue weighted by atomic mass is 10.0. The topological polar surface area (TPSA) is 60.3 Å². The standard InChI is InChI=1S/C25H21FN2O3/c1-16-23(24(29)27-15-17-6-5-7-18(26)14-17)21-8-3-4-9-22(21)25(30)28(16)19-10-12-20(31-2)13-11-19/h3-14H,15H2,1-2H3,(H,27,29). The van der Waals surface area contributed by atoms with Gasteiger partial charge in [-0.3, -0.25) is 14.2 Å². The van der Waals surface area contributed by atoms with Crippen LogP contribution in [0.5, 0.6) is 5.75 Å². The van der Waals surface area contributed by atoms with E-state index in [1.54, 1.807) is 74.7 Å². The number of aromatic nitrogens is 1. The summed E-state index contributed by atoms with van der Waals surface area (Å²) in [4.78, 5) is 26.4. The smallest absolute Gasteiger partial charge is 0.263 e. The zero-order chi connectivity index (χ0) is 22.0. The molecular formula is C25H21FN2O3. The fourth-order valence-corrected chi connectivity index (χ4v) is 3.71. The van der Waals surface area contributed by atoms with Crippen molar-refractivity contribution in [1.82, 2.24) is 9.88 Å². The lowest BCUT2D eigenvalue weighted by Crippen LogP contribution is -2.29. The second-order valence-electron chi connectivity index (χ2n) is 7.16. The van der Waals surface area contributed by atoms with Gasteiger partial charge in [0.2, 0.25) is 0 Å². The van der Waals surface area contributed by atoms with E-state index in [4.69, 9.17) is 4.74 Å². The number of methoxy groups -OCH3 is 1. The van der Waals surface area contributed by atoms with E-state index < -0.39 is 0 Å². The molecule has 0 saturated carbocycles. The number of benzene rings is 3. The summed E-state index contributed by atoms with van der Waals surface area (Å²) in [6.07, 6.45) is 0. The van der Waals surface area contributed by atoms with Crippen LogP contribution in [0.25, 0.3) is 16.5 Å². The van der Waals surface area contributed by atoms with E-state index in [9.17, 15) is 14.0 Å². The first-order chi connectivity index (χ1) is 15.0. The van der Waals surface area contributed by atoms with E-state index in [0.717, 1.165) is 0 Å². The number of nitrogens with zero attached hydrogens (tertiary/aromatic N) is 1. The average molecular weight is 416 g/mol. The van der Waals surface area contributed by atoms with Gasteiger partial charge in [0.1, 0.15) is 11.6 Å². The first kappa shape index (κ1) is 20.3. The van der Waals surface area contributed by atoms with Gasteiger partial charge in [-0.2, -0.15) is 0 Å². The molecular weight excluding hydrogens is 395 g/mol. The van der Waals surface area contributed by atoms with Crippen molar-refractivity contribution in [3.05, 3.63) is 106 Å². The predicted molar refractivity (Wildman–Crippen MR) is 118 cm³/mol. The lowest BCUT2D eigenvalue weighted by molar-refractivity contribution is 0.0951. The van der Waals surface area contributed by atoms with Crippen molar-refractivity contribution >= 4 is 16.7 Å². The molecule has 3 aromatic carbocycles. The van der Waals surface area contributed by atoms with Crippen LogP contribution in [0.1, 0.15) is 21.6 Å². The molecule has 5 nitrogen and oxygen atoms in total. The highest BCUT2D eigenvalue weighted by Crippen LogP contribution is 2.23. The van der Waals surface area contributed by atoms with Crippen LogP contribution in [0, 0.1) is 12.7 Å². The summed E-state index contributed by atoms with van der Waals surface area (Å²) >= 11 is 0. The Balaban J connectivity index is 1.82. The van der Waals surface area contributed by atoms with Gasteiger partial charge < -0.3 is 10.1 Å². The second kappa shape index (κ2) is 8.44. The number of ether oxygens (including phenoxy) is 1. The third-order valence-electron chi connectivity index (χ3n) is 5.23. The molecule has 0 unspecified atom stereocenters. The SMILES string of the molecule is COc1ccc(-n2c(C)c(C(=O)NCc3cccc(F)c3)c3ccccc3c2=O)cc1. The van der Waals surface area contributed by atoms with Crippen molar-refractivity contribution in [2.45, 2.75) is 13.5 Å². The minimum Gasteiger partial charge on any atom is -0.497 e. The normalized spacial score (nSPS) is 10.8. The molecule has 0 atom stereocenters. The monoisotopic (exact) mass is 416 g/mol. The summed E-state index contributed by atoms with van der Waals surface area (Å²) in [6, 6.07) is 20.2. The number of fused-ring (bicyclic) bond motifs is 1. The maximum atomic E-state index is 13.5. The van der Waals surface area contributed by atoms with Crippen LogP contribution in [-0.4, -0.2) is 17.6 Å². The van der Waals surface area contributed by atoms with Crippen LogP contribution in [0.15, 0.2) is 77.6 Å². The highest BCUT2D eigenvalue weighted by Gasteiger charge is 2.20. The molecule has 4 aromatic rings. The van der Waals surface area contributed by atoms with Gasteiger partial charge in [0.15, 0.2) is 0 Å². The van der Waals surface area contributed by atoms with E-state index >= 15 is 0 Å². The number of rotatable bonds is 5. The van der Waals surface area contributed by atoms with Gasteiger partial charge in [0.25, 0.3) is 11.5 Å². The number of hydrogen-bond acceptors (Lipinski definition) is 3. The van der Waals surface area contributed by atoms with E-state index in [1.165, 1.54) is 16.7 Å². The second-order valence-corrected chi connectivity index (χ2v) is 7.16. The molecule has 1 amide bonds. The maximum Gasteiger partial charge on any atom is 0.263 e. The van der Waals surface area contributed by atoms with Crippen LogP contribution >= 0.6 is 0 Å². The highest BCUT2D eigenvalue weighted by atomic mass is 19.1. The van der Waals surface area contributed by atoms with Crippen LogP contribution in [0.3, 0.4) is 0 Å². The van der Waals surface area contributed by atoms with Crippen molar-refractivity contribution in [2.24, 2.45) is 0 Å². The quantitative estimate of drug-likeness (QED) is 0.525. The average Bonchev–Trinajstić information content (AvgIpc) is 2.78.